The van der Waals surface area contributed by atoms with E-state index >= 15 is 0 Å². The molecule has 1 heterocycles. The molecule has 108 valence electrons. The second kappa shape index (κ2) is 5.26. The number of sulfonamides is 1. The van der Waals surface area contributed by atoms with Crippen molar-refractivity contribution in [2.24, 2.45) is 5.73 Å². The van der Waals surface area contributed by atoms with Crippen molar-refractivity contribution in [1.29, 1.82) is 0 Å². The van der Waals surface area contributed by atoms with Crippen LogP contribution in [-0.2, 0) is 10.0 Å². The van der Waals surface area contributed by atoms with Gasteiger partial charge >= 0.3 is 0 Å². The largest absolute Gasteiger partial charge is 0.324 e. The van der Waals surface area contributed by atoms with E-state index < -0.39 is 10.0 Å². The van der Waals surface area contributed by atoms with Crippen LogP contribution in [0.3, 0.4) is 0 Å². The molecular formula is C13H18N4O2S. The third-order valence-electron chi connectivity index (χ3n) is 2.99. The molecular weight excluding hydrogens is 276 g/mol. The van der Waals surface area contributed by atoms with Gasteiger partial charge in [0.2, 0.25) is 0 Å². The van der Waals surface area contributed by atoms with Gasteiger partial charge in [-0.15, -0.1) is 0 Å². The molecule has 0 saturated heterocycles. The Labute approximate surface area is 118 Å². The van der Waals surface area contributed by atoms with Gasteiger partial charge in [-0.1, -0.05) is 12.1 Å². The highest BCUT2D eigenvalue weighted by atomic mass is 32.2. The van der Waals surface area contributed by atoms with Crippen LogP contribution in [0, 0.1) is 13.8 Å². The topological polar surface area (TPSA) is 101 Å². The summed E-state index contributed by atoms with van der Waals surface area (Å²) in [7, 11) is -3.66. The minimum Gasteiger partial charge on any atom is -0.324 e. The molecule has 0 radical (unpaired) electrons. The number of benzene rings is 1. The van der Waals surface area contributed by atoms with Crippen LogP contribution in [0.15, 0.2) is 29.2 Å². The van der Waals surface area contributed by atoms with Gasteiger partial charge < -0.3 is 5.73 Å². The molecule has 20 heavy (non-hydrogen) atoms. The number of rotatable bonds is 4. The zero-order valence-electron chi connectivity index (χ0n) is 11.6. The van der Waals surface area contributed by atoms with Crippen LogP contribution in [-0.4, -0.2) is 18.6 Å². The molecule has 4 N–H and O–H groups in total. The number of aromatic amines is 1. The summed E-state index contributed by atoms with van der Waals surface area (Å²) in [5.41, 5.74) is 8.10. The van der Waals surface area contributed by atoms with E-state index in [0.29, 0.717) is 17.1 Å². The quantitative estimate of drug-likeness (QED) is 0.801. The van der Waals surface area contributed by atoms with Gasteiger partial charge in [-0.3, -0.25) is 9.82 Å². The van der Waals surface area contributed by atoms with Crippen LogP contribution in [0.1, 0.15) is 29.9 Å². The number of nitrogens with one attached hydrogen (secondary N) is 2. The van der Waals surface area contributed by atoms with E-state index in [0.717, 1.165) is 5.56 Å². The summed E-state index contributed by atoms with van der Waals surface area (Å²) in [6.45, 7) is 5.17. The maximum absolute atomic E-state index is 12.4. The predicted octanol–water partition coefficient (Wildman–Crippen LogP) is 1.85. The number of hydrogen-bond acceptors (Lipinski definition) is 4. The second-order valence-corrected chi connectivity index (χ2v) is 6.40. The van der Waals surface area contributed by atoms with Gasteiger partial charge in [0.15, 0.2) is 0 Å². The summed E-state index contributed by atoms with van der Waals surface area (Å²) in [4.78, 5) is 0.184. The van der Waals surface area contributed by atoms with Crippen molar-refractivity contribution in [3.63, 3.8) is 0 Å². The van der Waals surface area contributed by atoms with Crippen LogP contribution < -0.4 is 10.5 Å². The highest BCUT2D eigenvalue weighted by Gasteiger charge is 2.22. The molecule has 2 aromatic rings. The van der Waals surface area contributed by atoms with Crippen molar-refractivity contribution < 1.29 is 8.42 Å². The fourth-order valence-electron chi connectivity index (χ4n) is 2.03. The molecule has 1 aromatic carbocycles. The van der Waals surface area contributed by atoms with Crippen LogP contribution >= 0.6 is 0 Å². The van der Waals surface area contributed by atoms with Gasteiger partial charge in [-0.2, -0.15) is 5.10 Å². The highest BCUT2D eigenvalue weighted by Crippen LogP contribution is 2.22. The average Bonchev–Trinajstić information content (AvgIpc) is 2.69. The molecule has 0 amide bonds. The van der Waals surface area contributed by atoms with Crippen LogP contribution in [0.2, 0.25) is 0 Å². The maximum Gasteiger partial charge on any atom is 0.265 e. The van der Waals surface area contributed by atoms with E-state index in [1.165, 1.54) is 0 Å². The molecule has 6 nitrogen and oxygen atoms in total. The van der Waals surface area contributed by atoms with E-state index in [1.54, 1.807) is 32.0 Å². The van der Waals surface area contributed by atoms with E-state index in [2.05, 4.69) is 14.9 Å². The van der Waals surface area contributed by atoms with Crippen LogP contribution in [0.25, 0.3) is 0 Å². The summed E-state index contributed by atoms with van der Waals surface area (Å²) < 4.78 is 27.3. The molecule has 7 heteroatoms. The second-order valence-electron chi connectivity index (χ2n) is 4.78. The first-order valence-electron chi connectivity index (χ1n) is 6.21. The standard InChI is InChI=1S/C13H18N4O2S/c1-8(14)11-5-4-6-12(7-11)17-20(18,19)13-9(2)15-16-10(13)3/h4-8,17H,14H2,1-3H3,(H,15,16). The number of nitrogens with two attached hydrogens (primary N) is 1. The summed E-state index contributed by atoms with van der Waals surface area (Å²) in [6.07, 6.45) is 0. The van der Waals surface area contributed by atoms with E-state index in [9.17, 15) is 8.42 Å². The summed E-state index contributed by atoms with van der Waals surface area (Å²) in [5.74, 6) is 0. The monoisotopic (exact) mass is 294 g/mol. The summed E-state index contributed by atoms with van der Waals surface area (Å²) in [5, 5.41) is 6.57. The van der Waals surface area contributed by atoms with Crippen molar-refractivity contribution >= 4 is 15.7 Å². The first kappa shape index (κ1) is 14.5. The Morgan fingerprint density at radius 2 is 2.05 bits per heavy atom. The number of nitrogens with zero attached hydrogens (tertiary/aromatic N) is 1. The van der Waals surface area contributed by atoms with Crippen molar-refractivity contribution in [2.75, 3.05) is 4.72 Å². The molecule has 0 bridgehead atoms. The molecule has 0 saturated carbocycles. The van der Waals surface area contributed by atoms with Crippen molar-refractivity contribution in [2.45, 2.75) is 31.7 Å². The molecule has 1 aromatic heterocycles. The summed E-state index contributed by atoms with van der Waals surface area (Å²) >= 11 is 0. The van der Waals surface area contributed by atoms with Gasteiger partial charge in [0.05, 0.1) is 11.4 Å². The van der Waals surface area contributed by atoms with Crippen molar-refractivity contribution in [3.8, 4) is 0 Å². The van der Waals surface area contributed by atoms with E-state index in [-0.39, 0.29) is 10.9 Å². The lowest BCUT2D eigenvalue weighted by Crippen LogP contribution is -2.15. The van der Waals surface area contributed by atoms with Gasteiger partial charge in [0.25, 0.3) is 10.0 Å². The Bertz CT molecular complexity index is 700. The fraction of sp³-hybridized carbons (Fsp3) is 0.308. The zero-order chi connectivity index (χ0) is 14.9. The van der Waals surface area contributed by atoms with Gasteiger partial charge in [0.1, 0.15) is 4.90 Å². The smallest absolute Gasteiger partial charge is 0.265 e. The minimum atomic E-state index is -3.66. The number of aryl methyl sites for hydroxylation is 2. The maximum atomic E-state index is 12.4. The first-order chi connectivity index (χ1) is 9.31. The lowest BCUT2D eigenvalue weighted by molar-refractivity contribution is 0.600. The molecule has 0 aliphatic rings. The molecule has 0 fully saturated rings. The number of H-pyrrole nitrogens is 1. The normalized spacial score (nSPS) is 13.2. The fourth-order valence-corrected chi connectivity index (χ4v) is 3.45. The zero-order valence-corrected chi connectivity index (χ0v) is 12.5. The molecule has 1 atom stereocenters. The number of anilines is 1. The summed E-state index contributed by atoms with van der Waals surface area (Å²) in [6, 6.07) is 6.89. The molecule has 1 unspecified atom stereocenters. The molecule has 2 rings (SSSR count). The molecule has 0 aliphatic carbocycles. The Morgan fingerprint density at radius 1 is 1.35 bits per heavy atom. The Kier molecular flexibility index (Phi) is 3.82. The SMILES string of the molecule is Cc1n[nH]c(C)c1S(=O)(=O)Nc1cccc(C(C)N)c1. The van der Waals surface area contributed by atoms with Gasteiger partial charge in [-0.05, 0) is 38.5 Å². The Balaban J connectivity index is 2.36. The predicted molar refractivity (Wildman–Crippen MR) is 77.9 cm³/mol. The van der Waals surface area contributed by atoms with Crippen molar-refractivity contribution in [1.82, 2.24) is 10.2 Å². The highest BCUT2D eigenvalue weighted by molar-refractivity contribution is 7.92. The Morgan fingerprint density at radius 3 is 2.60 bits per heavy atom. The first-order valence-corrected chi connectivity index (χ1v) is 7.69. The lowest BCUT2D eigenvalue weighted by atomic mass is 10.1. The minimum absolute atomic E-state index is 0.156. The van der Waals surface area contributed by atoms with Crippen LogP contribution in [0.5, 0.6) is 0 Å². The lowest BCUT2D eigenvalue weighted by Gasteiger charge is -2.11. The average molecular weight is 294 g/mol. The van der Waals surface area contributed by atoms with Gasteiger partial charge in [-0.25, -0.2) is 8.42 Å². The van der Waals surface area contributed by atoms with Crippen LogP contribution in [0.4, 0.5) is 5.69 Å². The van der Waals surface area contributed by atoms with Crippen molar-refractivity contribution in [3.05, 3.63) is 41.2 Å². The van der Waals surface area contributed by atoms with E-state index in [1.807, 2.05) is 13.0 Å². The molecule has 0 aliphatic heterocycles. The number of hydrogen-bond donors (Lipinski definition) is 3. The Hall–Kier alpha value is -1.86. The molecule has 0 spiro atoms. The third-order valence-corrected chi connectivity index (χ3v) is 4.64. The third kappa shape index (κ3) is 2.83. The van der Waals surface area contributed by atoms with Gasteiger partial charge in [0, 0.05) is 11.7 Å². The van der Waals surface area contributed by atoms with E-state index in [4.69, 9.17) is 5.73 Å². The number of aromatic nitrogens is 2.